The van der Waals surface area contributed by atoms with Crippen molar-refractivity contribution in [1.82, 2.24) is 4.90 Å². The SMILES string of the molecule is COC(=O)c1ccc(N2CCN(Cc3cc(F)ccc3OC)C(C)C2)cc1. The summed E-state index contributed by atoms with van der Waals surface area (Å²) in [7, 11) is 2.99. The van der Waals surface area contributed by atoms with Crippen molar-refractivity contribution in [1.29, 1.82) is 0 Å². The number of halogens is 1. The molecule has 0 amide bonds. The largest absolute Gasteiger partial charge is 0.496 e. The zero-order valence-corrected chi connectivity index (χ0v) is 15.9. The molecule has 27 heavy (non-hydrogen) atoms. The van der Waals surface area contributed by atoms with Crippen LogP contribution in [-0.4, -0.2) is 50.8 Å². The van der Waals surface area contributed by atoms with Crippen LogP contribution in [0.1, 0.15) is 22.8 Å². The molecule has 1 aliphatic rings. The first kappa shape index (κ1) is 19.2. The molecular weight excluding hydrogens is 347 g/mol. The van der Waals surface area contributed by atoms with Gasteiger partial charge in [0, 0.05) is 43.5 Å². The Morgan fingerprint density at radius 3 is 2.52 bits per heavy atom. The molecule has 2 aromatic carbocycles. The maximum Gasteiger partial charge on any atom is 0.337 e. The summed E-state index contributed by atoms with van der Waals surface area (Å²) in [6.45, 7) is 5.40. The summed E-state index contributed by atoms with van der Waals surface area (Å²) in [6, 6.07) is 12.4. The summed E-state index contributed by atoms with van der Waals surface area (Å²) < 4.78 is 23.7. The highest BCUT2D eigenvalue weighted by molar-refractivity contribution is 5.89. The summed E-state index contributed by atoms with van der Waals surface area (Å²) in [5, 5.41) is 0. The second-order valence-corrected chi connectivity index (χ2v) is 6.76. The number of piperazine rings is 1. The van der Waals surface area contributed by atoms with Crippen molar-refractivity contribution in [3.05, 3.63) is 59.4 Å². The van der Waals surface area contributed by atoms with Gasteiger partial charge in [-0.05, 0) is 49.4 Å². The Kier molecular flexibility index (Phi) is 5.96. The third-order valence-electron chi connectivity index (χ3n) is 5.03. The van der Waals surface area contributed by atoms with Crippen LogP contribution in [0.4, 0.5) is 10.1 Å². The first-order chi connectivity index (χ1) is 13.0. The van der Waals surface area contributed by atoms with Crippen LogP contribution in [-0.2, 0) is 11.3 Å². The van der Waals surface area contributed by atoms with Crippen molar-refractivity contribution in [3.8, 4) is 5.75 Å². The third kappa shape index (κ3) is 4.39. The van der Waals surface area contributed by atoms with Crippen molar-refractivity contribution < 1.29 is 18.7 Å². The van der Waals surface area contributed by atoms with Gasteiger partial charge in [0.2, 0.25) is 0 Å². The highest BCUT2D eigenvalue weighted by atomic mass is 19.1. The van der Waals surface area contributed by atoms with E-state index >= 15 is 0 Å². The van der Waals surface area contributed by atoms with E-state index in [1.165, 1.54) is 13.2 Å². The van der Waals surface area contributed by atoms with E-state index in [-0.39, 0.29) is 11.8 Å². The number of hydrogen-bond donors (Lipinski definition) is 0. The highest BCUT2D eigenvalue weighted by Gasteiger charge is 2.25. The lowest BCUT2D eigenvalue weighted by atomic mass is 10.1. The first-order valence-corrected chi connectivity index (χ1v) is 9.01. The minimum Gasteiger partial charge on any atom is -0.496 e. The summed E-state index contributed by atoms with van der Waals surface area (Å²) >= 11 is 0. The number of esters is 1. The Labute approximate surface area is 159 Å². The lowest BCUT2D eigenvalue weighted by molar-refractivity contribution is 0.0600. The minimum atomic E-state index is -0.330. The Morgan fingerprint density at radius 2 is 1.89 bits per heavy atom. The average Bonchev–Trinajstić information content (AvgIpc) is 2.69. The van der Waals surface area contributed by atoms with Crippen molar-refractivity contribution in [2.24, 2.45) is 0 Å². The highest BCUT2D eigenvalue weighted by Crippen LogP contribution is 2.25. The quantitative estimate of drug-likeness (QED) is 0.753. The van der Waals surface area contributed by atoms with E-state index in [2.05, 4.69) is 16.7 Å². The number of hydrogen-bond acceptors (Lipinski definition) is 5. The number of rotatable bonds is 5. The zero-order chi connectivity index (χ0) is 19.4. The van der Waals surface area contributed by atoms with E-state index in [1.54, 1.807) is 31.4 Å². The number of ether oxygens (including phenoxy) is 2. The fraction of sp³-hybridized carbons (Fsp3) is 0.381. The summed E-state index contributed by atoms with van der Waals surface area (Å²) in [4.78, 5) is 16.2. The monoisotopic (exact) mass is 372 g/mol. The van der Waals surface area contributed by atoms with Crippen LogP contribution in [0.5, 0.6) is 5.75 Å². The van der Waals surface area contributed by atoms with E-state index in [9.17, 15) is 9.18 Å². The molecule has 1 heterocycles. The van der Waals surface area contributed by atoms with Gasteiger partial charge in [0.1, 0.15) is 11.6 Å². The van der Waals surface area contributed by atoms with E-state index in [0.717, 1.165) is 30.9 Å². The van der Waals surface area contributed by atoms with Crippen LogP contribution in [0.2, 0.25) is 0 Å². The lowest BCUT2D eigenvalue weighted by Gasteiger charge is -2.41. The van der Waals surface area contributed by atoms with Crippen LogP contribution in [0.25, 0.3) is 0 Å². The first-order valence-electron chi connectivity index (χ1n) is 9.01. The molecule has 0 spiro atoms. The van der Waals surface area contributed by atoms with Gasteiger partial charge in [-0.25, -0.2) is 9.18 Å². The van der Waals surface area contributed by atoms with E-state index in [0.29, 0.717) is 23.9 Å². The molecule has 6 heteroatoms. The molecule has 144 valence electrons. The van der Waals surface area contributed by atoms with Crippen LogP contribution in [0.15, 0.2) is 42.5 Å². The van der Waals surface area contributed by atoms with E-state index in [1.807, 2.05) is 12.1 Å². The van der Waals surface area contributed by atoms with Gasteiger partial charge in [0.15, 0.2) is 0 Å². The molecule has 1 fully saturated rings. The van der Waals surface area contributed by atoms with Crippen molar-refractivity contribution in [2.45, 2.75) is 19.5 Å². The van der Waals surface area contributed by atoms with Gasteiger partial charge in [0.25, 0.3) is 0 Å². The number of nitrogens with zero attached hydrogens (tertiary/aromatic N) is 2. The zero-order valence-electron chi connectivity index (χ0n) is 15.9. The molecule has 1 aliphatic heterocycles. The molecule has 2 aromatic rings. The van der Waals surface area contributed by atoms with Crippen LogP contribution >= 0.6 is 0 Å². The van der Waals surface area contributed by atoms with Crippen molar-refractivity contribution in [3.63, 3.8) is 0 Å². The van der Waals surface area contributed by atoms with Crippen LogP contribution < -0.4 is 9.64 Å². The maximum absolute atomic E-state index is 13.6. The van der Waals surface area contributed by atoms with E-state index < -0.39 is 0 Å². The minimum absolute atomic E-state index is 0.247. The molecule has 0 aromatic heterocycles. The standard InChI is InChI=1S/C21H25FN2O3/c1-15-13-24(19-7-4-16(5-8-19)21(25)27-3)11-10-23(15)14-17-12-18(22)6-9-20(17)26-2/h4-9,12,15H,10-11,13-14H2,1-3H3. The van der Waals surface area contributed by atoms with Crippen molar-refractivity contribution >= 4 is 11.7 Å². The normalized spacial score (nSPS) is 17.6. The second-order valence-electron chi connectivity index (χ2n) is 6.76. The fourth-order valence-electron chi connectivity index (χ4n) is 3.48. The fourth-order valence-corrected chi connectivity index (χ4v) is 3.48. The van der Waals surface area contributed by atoms with Gasteiger partial charge in [0.05, 0.1) is 19.8 Å². The molecule has 0 saturated carbocycles. The third-order valence-corrected chi connectivity index (χ3v) is 5.03. The van der Waals surface area contributed by atoms with Gasteiger partial charge < -0.3 is 14.4 Å². The Bertz CT molecular complexity index is 795. The molecule has 1 atom stereocenters. The van der Waals surface area contributed by atoms with E-state index in [4.69, 9.17) is 9.47 Å². The van der Waals surface area contributed by atoms with Gasteiger partial charge >= 0.3 is 5.97 Å². The Balaban J connectivity index is 1.66. The van der Waals surface area contributed by atoms with Gasteiger partial charge in [-0.1, -0.05) is 0 Å². The number of benzene rings is 2. The molecule has 0 radical (unpaired) electrons. The van der Waals surface area contributed by atoms with Gasteiger partial charge in [-0.15, -0.1) is 0 Å². The second kappa shape index (κ2) is 8.39. The topological polar surface area (TPSA) is 42.0 Å². The average molecular weight is 372 g/mol. The summed E-state index contributed by atoms with van der Waals surface area (Å²) in [5.74, 6) is 0.135. The number of carbonyl (C=O) groups excluding carboxylic acids is 1. The van der Waals surface area contributed by atoms with Gasteiger partial charge in [-0.2, -0.15) is 0 Å². The Hall–Kier alpha value is -2.60. The molecule has 1 saturated heterocycles. The Morgan fingerprint density at radius 1 is 1.15 bits per heavy atom. The predicted octanol–water partition coefficient (Wildman–Crippen LogP) is 3.33. The van der Waals surface area contributed by atoms with Gasteiger partial charge in [-0.3, -0.25) is 4.90 Å². The van der Waals surface area contributed by atoms with Crippen molar-refractivity contribution in [2.75, 3.05) is 38.8 Å². The van der Waals surface area contributed by atoms with Crippen LogP contribution in [0.3, 0.4) is 0 Å². The predicted molar refractivity (Wildman–Crippen MR) is 103 cm³/mol. The number of methoxy groups -OCH3 is 2. The molecule has 5 nitrogen and oxygen atoms in total. The lowest BCUT2D eigenvalue weighted by Crippen LogP contribution is -2.51. The molecule has 1 unspecified atom stereocenters. The smallest absolute Gasteiger partial charge is 0.337 e. The maximum atomic E-state index is 13.6. The van der Waals surface area contributed by atoms with Crippen LogP contribution in [0, 0.1) is 5.82 Å². The molecule has 3 rings (SSSR count). The number of anilines is 1. The molecule has 0 aliphatic carbocycles. The summed E-state index contributed by atoms with van der Waals surface area (Å²) in [6.07, 6.45) is 0. The molecular formula is C21H25FN2O3. The molecule has 0 N–H and O–H groups in total. The number of carbonyl (C=O) groups is 1. The summed E-state index contributed by atoms with van der Waals surface area (Å²) in [5.41, 5.74) is 2.49. The molecule has 0 bridgehead atoms.